The van der Waals surface area contributed by atoms with Gasteiger partial charge in [0.05, 0.1) is 13.7 Å². The summed E-state index contributed by atoms with van der Waals surface area (Å²) in [4.78, 5) is 0. The van der Waals surface area contributed by atoms with Gasteiger partial charge in [-0.2, -0.15) is 0 Å². The summed E-state index contributed by atoms with van der Waals surface area (Å²) < 4.78 is 11.2. The molecule has 0 saturated heterocycles. The molecular weight excluding hydrogens is 226 g/mol. The number of ether oxygens (including phenoxy) is 2. The van der Waals surface area contributed by atoms with Crippen LogP contribution in [0.25, 0.3) is 0 Å². The zero-order valence-corrected chi connectivity index (χ0v) is 11.5. The predicted molar refractivity (Wildman–Crippen MR) is 73.3 cm³/mol. The molecule has 0 bridgehead atoms. The monoisotopic (exact) mass is 249 g/mol. The summed E-state index contributed by atoms with van der Waals surface area (Å²) in [6.07, 6.45) is 2.61. The molecule has 0 amide bonds. The van der Waals surface area contributed by atoms with Crippen molar-refractivity contribution in [2.75, 3.05) is 20.3 Å². The molecule has 0 aromatic heterocycles. The van der Waals surface area contributed by atoms with Crippen LogP contribution >= 0.6 is 0 Å². The fourth-order valence-corrected chi connectivity index (χ4v) is 1.99. The van der Waals surface area contributed by atoms with E-state index in [-0.39, 0.29) is 0 Å². The average molecular weight is 249 g/mol. The van der Waals surface area contributed by atoms with Crippen LogP contribution in [0.3, 0.4) is 0 Å². The van der Waals surface area contributed by atoms with Gasteiger partial charge in [0.2, 0.25) is 0 Å². The Bertz CT molecular complexity index is 388. The maximum Gasteiger partial charge on any atom is 0.161 e. The van der Waals surface area contributed by atoms with Gasteiger partial charge in [0, 0.05) is 6.04 Å². The molecule has 3 heteroatoms. The second-order valence-electron chi connectivity index (χ2n) is 4.94. The van der Waals surface area contributed by atoms with E-state index in [2.05, 4.69) is 31.3 Å². The SMILES string of the molecule is CCNC(C)c1ccc(OCC2CC2)c(OC)c1. The fourth-order valence-electron chi connectivity index (χ4n) is 1.99. The molecule has 1 fully saturated rings. The number of rotatable bonds is 7. The summed E-state index contributed by atoms with van der Waals surface area (Å²) in [7, 11) is 1.70. The van der Waals surface area contributed by atoms with Crippen LogP contribution in [0.4, 0.5) is 0 Å². The van der Waals surface area contributed by atoms with Crippen LogP contribution in [-0.4, -0.2) is 20.3 Å². The van der Waals surface area contributed by atoms with Crippen molar-refractivity contribution in [1.82, 2.24) is 5.32 Å². The Hall–Kier alpha value is -1.22. The summed E-state index contributed by atoms with van der Waals surface area (Å²) >= 11 is 0. The number of benzene rings is 1. The first-order valence-electron chi connectivity index (χ1n) is 6.78. The lowest BCUT2D eigenvalue weighted by molar-refractivity contribution is 0.280. The molecule has 1 aromatic rings. The van der Waals surface area contributed by atoms with Crippen molar-refractivity contribution in [2.45, 2.75) is 32.7 Å². The van der Waals surface area contributed by atoms with E-state index < -0.39 is 0 Å². The van der Waals surface area contributed by atoms with Crippen LogP contribution in [0.5, 0.6) is 11.5 Å². The molecule has 1 aromatic carbocycles. The van der Waals surface area contributed by atoms with E-state index in [0.717, 1.165) is 30.6 Å². The minimum absolute atomic E-state index is 0.335. The van der Waals surface area contributed by atoms with Crippen molar-refractivity contribution in [3.8, 4) is 11.5 Å². The first-order chi connectivity index (χ1) is 8.74. The summed E-state index contributed by atoms with van der Waals surface area (Å²) in [6, 6.07) is 6.53. The summed E-state index contributed by atoms with van der Waals surface area (Å²) in [6.45, 7) is 6.05. The van der Waals surface area contributed by atoms with E-state index in [1.165, 1.54) is 18.4 Å². The van der Waals surface area contributed by atoms with E-state index in [4.69, 9.17) is 9.47 Å². The molecule has 0 spiro atoms. The van der Waals surface area contributed by atoms with Gasteiger partial charge in [0.1, 0.15) is 0 Å². The summed E-state index contributed by atoms with van der Waals surface area (Å²) in [5.74, 6) is 2.45. The van der Waals surface area contributed by atoms with Crippen LogP contribution in [0.15, 0.2) is 18.2 Å². The lowest BCUT2D eigenvalue weighted by Crippen LogP contribution is -2.17. The minimum Gasteiger partial charge on any atom is -0.493 e. The maximum atomic E-state index is 5.80. The Labute approximate surface area is 109 Å². The Kier molecular flexibility index (Phi) is 4.48. The Balaban J connectivity index is 2.05. The first kappa shape index (κ1) is 13.2. The molecule has 1 atom stereocenters. The van der Waals surface area contributed by atoms with E-state index in [1.807, 2.05) is 6.07 Å². The smallest absolute Gasteiger partial charge is 0.161 e. The number of hydrogen-bond donors (Lipinski definition) is 1. The van der Waals surface area contributed by atoms with Gasteiger partial charge in [-0.3, -0.25) is 0 Å². The normalized spacial score (nSPS) is 16.4. The zero-order chi connectivity index (χ0) is 13.0. The lowest BCUT2D eigenvalue weighted by atomic mass is 10.1. The molecule has 1 aliphatic rings. The van der Waals surface area contributed by atoms with Gasteiger partial charge in [0.15, 0.2) is 11.5 Å². The van der Waals surface area contributed by atoms with E-state index in [9.17, 15) is 0 Å². The number of nitrogens with one attached hydrogen (secondary N) is 1. The third-order valence-electron chi connectivity index (χ3n) is 3.37. The van der Waals surface area contributed by atoms with Crippen LogP contribution < -0.4 is 14.8 Å². The second kappa shape index (κ2) is 6.10. The number of methoxy groups -OCH3 is 1. The molecule has 0 heterocycles. The van der Waals surface area contributed by atoms with Crippen LogP contribution in [-0.2, 0) is 0 Å². The molecule has 0 radical (unpaired) electrons. The van der Waals surface area contributed by atoms with Crippen molar-refractivity contribution < 1.29 is 9.47 Å². The largest absolute Gasteiger partial charge is 0.493 e. The average Bonchev–Trinajstić information content (AvgIpc) is 3.20. The second-order valence-corrected chi connectivity index (χ2v) is 4.94. The van der Waals surface area contributed by atoms with E-state index in [1.54, 1.807) is 7.11 Å². The van der Waals surface area contributed by atoms with Crippen molar-refractivity contribution in [3.63, 3.8) is 0 Å². The highest BCUT2D eigenvalue weighted by Gasteiger charge is 2.22. The highest BCUT2D eigenvalue weighted by atomic mass is 16.5. The van der Waals surface area contributed by atoms with Crippen molar-refractivity contribution in [1.29, 1.82) is 0 Å². The van der Waals surface area contributed by atoms with Gasteiger partial charge in [-0.05, 0) is 49.9 Å². The quantitative estimate of drug-likeness (QED) is 0.805. The number of hydrogen-bond acceptors (Lipinski definition) is 3. The molecule has 2 rings (SSSR count). The molecule has 1 aliphatic carbocycles. The van der Waals surface area contributed by atoms with Gasteiger partial charge in [-0.15, -0.1) is 0 Å². The first-order valence-corrected chi connectivity index (χ1v) is 6.78. The van der Waals surface area contributed by atoms with Gasteiger partial charge in [-0.25, -0.2) is 0 Å². The molecule has 100 valence electrons. The van der Waals surface area contributed by atoms with Crippen LogP contribution in [0, 0.1) is 5.92 Å². The standard InChI is InChI=1S/C15H23NO2/c1-4-16-11(2)13-7-8-14(15(9-13)17-3)18-10-12-5-6-12/h7-9,11-12,16H,4-6,10H2,1-3H3. The van der Waals surface area contributed by atoms with Crippen molar-refractivity contribution >= 4 is 0 Å². The Morgan fingerprint density at radius 1 is 1.33 bits per heavy atom. The van der Waals surface area contributed by atoms with Crippen molar-refractivity contribution in [3.05, 3.63) is 23.8 Å². The molecular formula is C15H23NO2. The van der Waals surface area contributed by atoms with Crippen molar-refractivity contribution in [2.24, 2.45) is 5.92 Å². The topological polar surface area (TPSA) is 30.5 Å². The summed E-state index contributed by atoms with van der Waals surface area (Å²) in [5.41, 5.74) is 1.23. The fraction of sp³-hybridized carbons (Fsp3) is 0.600. The molecule has 3 nitrogen and oxygen atoms in total. The van der Waals surface area contributed by atoms with Gasteiger partial charge in [0.25, 0.3) is 0 Å². The molecule has 18 heavy (non-hydrogen) atoms. The molecule has 0 aliphatic heterocycles. The van der Waals surface area contributed by atoms with E-state index in [0.29, 0.717) is 6.04 Å². The third kappa shape index (κ3) is 3.39. The zero-order valence-electron chi connectivity index (χ0n) is 11.5. The Morgan fingerprint density at radius 2 is 2.11 bits per heavy atom. The lowest BCUT2D eigenvalue weighted by Gasteiger charge is -2.16. The van der Waals surface area contributed by atoms with Crippen LogP contribution in [0.2, 0.25) is 0 Å². The van der Waals surface area contributed by atoms with Crippen LogP contribution in [0.1, 0.15) is 38.3 Å². The highest BCUT2D eigenvalue weighted by molar-refractivity contribution is 5.43. The van der Waals surface area contributed by atoms with E-state index >= 15 is 0 Å². The molecule has 1 saturated carbocycles. The molecule has 1 unspecified atom stereocenters. The maximum absolute atomic E-state index is 5.80. The highest BCUT2D eigenvalue weighted by Crippen LogP contribution is 2.34. The molecule has 1 N–H and O–H groups in total. The minimum atomic E-state index is 0.335. The predicted octanol–water partition coefficient (Wildman–Crippen LogP) is 3.15. The van der Waals surface area contributed by atoms with Gasteiger partial charge in [-0.1, -0.05) is 13.0 Å². The Morgan fingerprint density at radius 3 is 2.72 bits per heavy atom. The summed E-state index contributed by atoms with van der Waals surface area (Å²) in [5, 5.41) is 3.40. The third-order valence-corrected chi connectivity index (χ3v) is 3.37. The van der Waals surface area contributed by atoms with Gasteiger partial charge < -0.3 is 14.8 Å². The van der Waals surface area contributed by atoms with Gasteiger partial charge >= 0.3 is 0 Å².